The molecule has 4 N–H and O–H groups in total. The second-order valence-electron chi connectivity index (χ2n) is 19.7. The smallest absolute Gasteiger partial charge is 0.234 e. The van der Waals surface area contributed by atoms with Crippen molar-refractivity contribution < 1.29 is 42.8 Å². The molecule has 14 heteroatoms. The molecule has 2 aliphatic carbocycles. The Labute approximate surface area is 470 Å². The van der Waals surface area contributed by atoms with E-state index in [0.29, 0.717) is 84.3 Å². The lowest BCUT2D eigenvalue weighted by atomic mass is 9.82. The summed E-state index contributed by atoms with van der Waals surface area (Å²) in [4.78, 5) is 42.5. The number of hydrogen-bond acceptors (Lipinski definition) is 11. The molecule has 0 bridgehead atoms. The van der Waals surface area contributed by atoms with Crippen molar-refractivity contribution in [1.29, 1.82) is 0 Å². The molecule has 0 aliphatic heterocycles. The van der Waals surface area contributed by atoms with Crippen molar-refractivity contribution in [1.82, 2.24) is 25.9 Å². The largest absolute Gasteiger partial charge is 0.491 e. The summed E-state index contributed by atoms with van der Waals surface area (Å²) in [6.07, 6.45) is 18.8. The minimum Gasteiger partial charge on any atom is -0.491 e. The maximum Gasteiger partial charge on any atom is 0.234 e. The van der Waals surface area contributed by atoms with Gasteiger partial charge in [-0.1, -0.05) is 101 Å². The van der Waals surface area contributed by atoms with Gasteiger partial charge in [-0.3, -0.25) is 14.4 Å². The van der Waals surface area contributed by atoms with E-state index in [1.807, 2.05) is 51.2 Å². The number of nitrogens with one attached hydrogen (secondary N) is 4. The van der Waals surface area contributed by atoms with Gasteiger partial charge >= 0.3 is 0 Å². The number of H-pyrrole nitrogens is 1. The number of aryl methyl sites for hydroxylation is 3. The van der Waals surface area contributed by atoms with E-state index in [1.165, 1.54) is 53.3 Å². The predicted molar refractivity (Wildman–Crippen MR) is 317 cm³/mol. The molecule has 2 aliphatic rings. The van der Waals surface area contributed by atoms with E-state index in [9.17, 15) is 14.4 Å². The molecule has 2 unspecified atom stereocenters. The van der Waals surface area contributed by atoms with Crippen molar-refractivity contribution in [3.63, 3.8) is 0 Å². The second-order valence-corrected chi connectivity index (χ2v) is 19.7. The summed E-state index contributed by atoms with van der Waals surface area (Å²) in [6, 6.07) is 25.0. The highest BCUT2D eigenvalue weighted by molar-refractivity contribution is 5.90. The molecular formula is C65H89N5O9. The number of benzene rings is 3. The maximum atomic E-state index is 11.9. The van der Waals surface area contributed by atoms with Gasteiger partial charge in [-0.25, -0.2) is 4.98 Å². The molecule has 5 aromatic rings. The van der Waals surface area contributed by atoms with Gasteiger partial charge in [0.05, 0.1) is 76.8 Å². The summed E-state index contributed by atoms with van der Waals surface area (Å²) in [6.45, 7) is 17.0. The Morgan fingerprint density at radius 3 is 2.08 bits per heavy atom. The van der Waals surface area contributed by atoms with Gasteiger partial charge in [-0.2, -0.15) is 0 Å². The van der Waals surface area contributed by atoms with Gasteiger partial charge in [0.1, 0.15) is 19.0 Å². The van der Waals surface area contributed by atoms with E-state index in [0.717, 1.165) is 77.9 Å². The van der Waals surface area contributed by atoms with Crippen LogP contribution in [0.5, 0.6) is 11.6 Å². The van der Waals surface area contributed by atoms with Gasteiger partial charge in [0, 0.05) is 53.4 Å². The molecule has 1 saturated carbocycles. The van der Waals surface area contributed by atoms with Crippen LogP contribution in [0.3, 0.4) is 0 Å². The number of pyridine rings is 1. The Morgan fingerprint density at radius 2 is 1.46 bits per heavy atom. The molecule has 2 heterocycles. The number of ether oxygens (including phenoxy) is 6. The quantitative estimate of drug-likeness (QED) is 0.0278. The lowest BCUT2D eigenvalue weighted by molar-refractivity contribution is -0.128. The number of hydrogen-bond donors (Lipinski definition) is 4. The van der Waals surface area contributed by atoms with Crippen molar-refractivity contribution in [3.8, 4) is 34.6 Å². The van der Waals surface area contributed by atoms with E-state index < -0.39 is 0 Å². The Bertz CT molecular complexity index is 2790. The number of nitrogens with zero attached hydrogens (tertiary/aromatic N) is 1. The standard InChI is InChI=1S/C40H50N2O6.C13H24N2O2.C12H15NO/c1-5-9-11-38-36(8-4)37-16-13-33(29-39(37)42-38)34-14-17-40(41-30-34)48-27-25-46-23-21-44-19-18-43-20-22-45-24-26-47-35-15-12-32(10-6-2)31(7-3)28-35;1-3-11(16)13(15-12(17)9-14-2)10-7-5-4-6-8-10;1-9(14)13-12-8-4-6-10-5-2-3-7-11(10)12/h8,11-17,28-30,42H,6-7,10,18-27H2,1-4H3;10,13-14H,3-9H2,1-2H3,(H,15,17);2-3,5,7,12H,4,6,8H2,1H3,(H,13,14)/b36-8-,38-11+;;. The number of rotatable bonds is 28. The zero-order valence-electron chi connectivity index (χ0n) is 48.3. The van der Waals surface area contributed by atoms with Crippen molar-refractivity contribution in [2.75, 3.05) is 79.7 Å². The van der Waals surface area contributed by atoms with Crippen LogP contribution in [0.15, 0.2) is 79.0 Å². The molecule has 428 valence electrons. The van der Waals surface area contributed by atoms with Gasteiger partial charge in [0.15, 0.2) is 5.78 Å². The summed E-state index contributed by atoms with van der Waals surface area (Å²) in [5.41, 5.74) is 8.63. The van der Waals surface area contributed by atoms with Crippen LogP contribution in [0.1, 0.15) is 128 Å². The molecule has 14 nitrogen and oxygen atoms in total. The maximum absolute atomic E-state index is 11.9. The first-order chi connectivity index (χ1) is 38.6. The summed E-state index contributed by atoms with van der Waals surface area (Å²) < 4.78 is 34.0. The number of aromatic amines is 1. The third-order valence-electron chi connectivity index (χ3n) is 14.0. The van der Waals surface area contributed by atoms with Crippen molar-refractivity contribution in [2.45, 2.75) is 131 Å². The molecule has 3 aromatic carbocycles. The van der Waals surface area contributed by atoms with E-state index in [4.69, 9.17) is 28.4 Å². The third-order valence-corrected chi connectivity index (χ3v) is 14.0. The van der Waals surface area contributed by atoms with Gasteiger partial charge < -0.3 is 49.4 Å². The predicted octanol–water partition coefficient (Wildman–Crippen LogP) is 9.32. The molecule has 1 fully saturated rings. The highest BCUT2D eigenvalue weighted by atomic mass is 16.6. The number of aromatic nitrogens is 2. The van der Waals surface area contributed by atoms with Crippen LogP contribution in [-0.4, -0.2) is 113 Å². The van der Waals surface area contributed by atoms with Gasteiger partial charge in [-0.15, -0.1) is 5.92 Å². The fourth-order valence-corrected chi connectivity index (χ4v) is 10.0. The zero-order chi connectivity index (χ0) is 56.5. The number of fused-ring (bicyclic) bond motifs is 2. The van der Waals surface area contributed by atoms with Crippen LogP contribution in [0.2, 0.25) is 0 Å². The Balaban J connectivity index is 0.000000297. The second kappa shape index (κ2) is 36.8. The Kier molecular flexibility index (Phi) is 29.5. The number of ketones is 1. The lowest BCUT2D eigenvalue weighted by Crippen LogP contribution is -2.48. The zero-order valence-corrected chi connectivity index (χ0v) is 48.3. The third kappa shape index (κ3) is 22.0. The van der Waals surface area contributed by atoms with Crippen LogP contribution >= 0.6 is 0 Å². The van der Waals surface area contributed by atoms with Crippen LogP contribution in [-0.2, 0) is 52.6 Å². The molecule has 0 spiro atoms. The molecule has 79 heavy (non-hydrogen) atoms. The summed E-state index contributed by atoms with van der Waals surface area (Å²) >= 11 is 0. The average Bonchev–Trinajstić information content (AvgIpc) is 3.86. The molecule has 0 radical (unpaired) electrons. The molecule has 2 aromatic heterocycles. The fraction of sp³-hybridized carbons (Fsp3) is 0.508. The molecular weight excluding hydrogens is 995 g/mol. The number of amides is 2. The Hall–Kier alpha value is -6.34. The topological polar surface area (TPSA) is 171 Å². The molecule has 2 atom stereocenters. The monoisotopic (exact) mass is 1080 g/mol. The number of likely N-dealkylation sites (N-methyl/N-ethyl adjacent to an activating group) is 1. The minimum atomic E-state index is -0.263. The fourth-order valence-electron chi connectivity index (χ4n) is 10.0. The van der Waals surface area contributed by atoms with E-state index in [1.54, 1.807) is 14.0 Å². The molecule has 0 saturated heterocycles. The Morgan fingerprint density at radius 1 is 0.772 bits per heavy atom. The summed E-state index contributed by atoms with van der Waals surface area (Å²) in [5.74, 6) is 7.92. The molecule has 2 amide bonds. The minimum absolute atomic E-state index is 0.0618. The van der Waals surface area contributed by atoms with Crippen LogP contribution < -0.4 is 36.0 Å². The van der Waals surface area contributed by atoms with Crippen molar-refractivity contribution in [3.05, 3.63) is 112 Å². The van der Waals surface area contributed by atoms with Crippen molar-refractivity contribution >= 4 is 40.7 Å². The normalized spacial score (nSPS) is 14.8. The number of carbonyl (C=O) groups excluding carboxylic acids is 3. The van der Waals surface area contributed by atoms with Crippen molar-refractivity contribution in [2.24, 2.45) is 5.92 Å². The first-order valence-corrected chi connectivity index (χ1v) is 28.8. The highest BCUT2D eigenvalue weighted by Crippen LogP contribution is 2.30. The van der Waals surface area contributed by atoms with E-state index in [2.05, 4.69) is 112 Å². The first-order valence-electron chi connectivity index (χ1n) is 28.8. The first kappa shape index (κ1) is 63.5. The summed E-state index contributed by atoms with van der Waals surface area (Å²) in [5, 5.41) is 12.0. The SMILES string of the molecule is CC#C/C=c1/[nH]c2cc(-c3ccc(OCCOCCOCCOCCOCCOc4ccc(CCC)c(CC)c4)nc3)ccc2/c1=C/C.CC(=O)NC1CCCc2ccccc21.CCC(=O)C(NC(=O)CNC)C1CCCCC1. The average molecular weight is 1080 g/mol. The van der Waals surface area contributed by atoms with Gasteiger partial charge in [0.25, 0.3) is 0 Å². The van der Waals surface area contributed by atoms with Crippen LogP contribution in [0.25, 0.3) is 34.2 Å². The lowest BCUT2D eigenvalue weighted by Gasteiger charge is -2.29. The van der Waals surface area contributed by atoms with E-state index in [-0.39, 0.29) is 36.2 Å². The highest BCUT2D eigenvalue weighted by Gasteiger charge is 2.29. The van der Waals surface area contributed by atoms with Crippen LogP contribution in [0.4, 0.5) is 0 Å². The van der Waals surface area contributed by atoms with E-state index >= 15 is 0 Å². The summed E-state index contributed by atoms with van der Waals surface area (Å²) in [7, 11) is 1.73. The van der Waals surface area contributed by atoms with Gasteiger partial charge in [0.2, 0.25) is 17.7 Å². The number of Topliss-reactive ketones (excluding diaryl/α,β-unsaturated/α-hetero) is 1. The number of carbonyl (C=O) groups is 3. The molecule has 7 rings (SSSR count). The van der Waals surface area contributed by atoms with Gasteiger partial charge in [-0.05, 0) is 124 Å². The van der Waals surface area contributed by atoms with Crippen LogP contribution in [0, 0.1) is 17.8 Å².